The minimum Gasteiger partial charge on any atom is -0.394 e. The minimum atomic E-state index is -0.417. The van der Waals surface area contributed by atoms with Gasteiger partial charge in [0.25, 0.3) is 5.91 Å². The second-order valence-corrected chi connectivity index (χ2v) is 4.71. The molecule has 2 aromatic rings. The van der Waals surface area contributed by atoms with E-state index in [1.165, 1.54) is 0 Å². The first-order valence-corrected chi connectivity index (χ1v) is 6.00. The number of carbonyl (C=O) groups excluding carboxylic acids is 1. The van der Waals surface area contributed by atoms with Crippen molar-refractivity contribution in [3.8, 4) is 11.4 Å². The zero-order valence-electron chi connectivity index (χ0n) is 10.1. The van der Waals surface area contributed by atoms with Crippen LogP contribution in [0.4, 0.5) is 0 Å². The number of aromatic amines is 1. The van der Waals surface area contributed by atoms with Crippen molar-refractivity contribution in [1.82, 2.24) is 25.9 Å². The standard InChI is InChI=1S/C12H13N5O2/c18-7-12(4-5-12)13-11(19)9-3-1-2-8(6-9)10-14-16-17-15-10/h1-3,6,18H,4-5,7H2,(H,13,19)(H,14,15,16,17). The van der Waals surface area contributed by atoms with Crippen LogP contribution in [0.3, 0.4) is 0 Å². The number of amides is 1. The molecule has 0 unspecified atom stereocenters. The van der Waals surface area contributed by atoms with Gasteiger partial charge in [-0.3, -0.25) is 4.79 Å². The number of aliphatic hydroxyl groups excluding tert-OH is 1. The van der Waals surface area contributed by atoms with Crippen LogP contribution in [0, 0.1) is 0 Å². The molecule has 0 atom stereocenters. The number of carbonyl (C=O) groups is 1. The molecule has 1 aromatic heterocycles. The third-order valence-electron chi connectivity index (χ3n) is 3.26. The van der Waals surface area contributed by atoms with Crippen LogP contribution in [0.1, 0.15) is 23.2 Å². The minimum absolute atomic E-state index is 0.0245. The molecular formula is C12H13N5O2. The highest BCUT2D eigenvalue weighted by Gasteiger charge is 2.43. The molecule has 19 heavy (non-hydrogen) atoms. The molecule has 1 saturated carbocycles. The smallest absolute Gasteiger partial charge is 0.251 e. The molecule has 1 fully saturated rings. The number of aromatic nitrogens is 4. The Kier molecular flexibility index (Phi) is 2.75. The van der Waals surface area contributed by atoms with E-state index in [-0.39, 0.29) is 12.5 Å². The zero-order valence-corrected chi connectivity index (χ0v) is 10.1. The van der Waals surface area contributed by atoms with E-state index in [1.807, 2.05) is 0 Å². The van der Waals surface area contributed by atoms with E-state index < -0.39 is 5.54 Å². The molecule has 0 aliphatic heterocycles. The molecule has 1 amide bonds. The number of tetrazole rings is 1. The predicted octanol–water partition coefficient (Wildman–Crippen LogP) is 0.121. The van der Waals surface area contributed by atoms with E-state index in [0.717, 1.165) is 18.4 Å². The van der Waals surface area contributed by atoms with Crippen LogP contribution >= 0.6 is 0 Å². The van der Waals surface area contributed by atoms with E-state index >= 15 is 0 Å². The number of hydrogen-bond acceptors (Lipinski definition) is 5. The number of nitrogens with one attached hydrogen (secondary N) is 2. The molecule has 98 valence electrons. The number of H-pyrrole nitrogens is 1. The Morgan fingerprint density at radius 3 is 2.95 bits per heavy atom. The lowest BCUT2D eigenvalue weighted by atomic mass is 10.1. The normalized spacial score (nSPS) is 16.1. The SMILES string of the molecule is O=C(NC1(CO)CC1)c1cccc(-c2nn[nH]n2)c1. The van der Waals surface area contributed by atoms with Gasteiger partial charge in [-0.15, -0.1) is 10.2 Å². The Hall–Kier alpha value is -2.28. The molecule has 3 rings (SSSR count). The summed E-state index contributed by atoms with van der Waals surface area (Å²) in [6, 6.07) is 6.99. The maximum Gasteiger partial charge on any atom is 0.251 e. The highest BCUT2D eigenvalue weighted by atomic mass is 16.3. The van der Waals surface area contributed by atoms with E-state index in [0.29, 0.717) is 11.4 Å². The molecule has 0 saturated heterocycles. The molecule has 1 aliphatic carbocycles. The van der Waals surface area contributed by atoms with Gasteiger partial charge in [-0.25, -0.2) is 0 Å². The van der Waals surface area contributed by atoms with Crippen molar-refractivity contribution < 1.29 is 9.90 Å². The molecule has 0 bridgehead atoms. The summed E-state index contributed by atoms with van der Waals surface area (Å²) >= 11 is 0. The van der Waals surface area contributed by atoms with E-state index in [4.69, 9.17) is 0 Å². The van der Waals surface area contributed by atoms with Gasteiger partial charge in [0.15, 0.2) is 0 Å². The van der Waals surface area contributed by atoms with Gasteiger partial charge in [0, 0.05) is 11.1 Å². The van der Waals surface area contributed by atoms with Crippen molar-refractivity contribution in [2.24, 2.45) is 0 Å². The van der Waals surface area contributed by atoms with Gasteiger partial charge in [-0.1, -0.05) is 12.1 Å². The Morgan fingerprint density at radius 2 is 2.32 bits per heavy atom. The molecule has 7 heteroatoms. The Labute approximate surface area is 109 Å². The second kappa shape index (κ2) is 4.43. The molecule has 1 heterocycles. The first kappa shape index (κ1) is 11.8. The topological polar surface area (TPSA) is 104 Å². The maximum absolute atomic E-state index is 12.1. The summed E-state index contributed by atoms with van der Waals surface area (Å²) < 4.78 is 0. The lowest BCUT2D eigenvalue weighted by Crippen LogP contribution is -2.39. The average Bonchev–Trinajstić information content (AvgIpc) is 3.01. The summed E-state index contributed by atoms with van der Waals surface area (Å²) in [6.45, 7) is -0.0245. The number of aliphatic hydroxyl groups is 1. The Bertz CT molecular complexity index is 592. The van der Waals surface area contributed by atoms with Crippen molar-refractivity contribution in [1.29, 1.82) is 0 Å². The van der Waals surface area contributed by atoms with E-state index in [1.54, 1.807) is 24.3 Å². The third kappa shape index (κ3) is 2.32. The highest BCUT2D eigenvalue weighted by molar-refractivity contribution is 5.96. The number of benzene rings is 1. The van der Waals surface area contributed by atoms with Crippen LogP contribution in [0.2, 0.25) is 0 Å². The number of nitrogens with zero attached hydrogens (tertiary/aromatic N) is 3. The van der Waals surface area contributed by atoms with Crippen molar-refractivity contribution in [3.63, 3.8) is 0 Å². The van der Waals surface area contributed by atoms with Crippen LogP contribution in [-0.2, 0) is 0 Å². The lowest BCUT2D eigenvalue weighted by molar-refractivity contribution is 0.0907. The Balaban J connectivity index is 1.81. The number of hydrogen-bond donors (Lipinski definition) is 3. The fourth-order valence-electron chi connectivity index (χ4n) is 1.87. The van der Waals surface area contributed by atoms with Gasteiger partial charge >= 0.3 is 0 Å². The summed E-state index contributed by atoms with van der Waals surface area (Å²) in [6.07, 6.45) is 1.64. The fourth-order valence-corrected chi connectivity index (χ4v) is 1.87. The zero-order chi connectivity index (χ0) is 13.3. The maximum atomic E-state index is 12.1. The van der Waals surface area contributed by atoms with Gasteiger partial charge in [-0.05, 0) is 30.2 Å². The van der Waals surface area contributed by atoms with Crippen molar-refractivity contribution >= 4 is 5.91 Å². The summed E-state index contributed by atoms with van der Waals surface area (Å²) in [4.78, 5) is 12.1. The lowest BCUT2D eigenvalue weighted by Gasteiger charge is -2.14. The molecule has 7 nitrogen and oxygen atoms in total. The average molecular weight is 259 g/mol. The van der Waals surface area contributed by atoms with Crippen LogP contribution in [0.15, 0.2) is 24.3 Å². The predicted molar refractivity (Wildman–Crippen MR) is 66.1 cm³/mol. The first-order chi connectivity index (χ1) is 9.22. The quantitative estimate of drug-likeness (QED) is 0.723. The molecule has 0 radical (unpaired) electrons. The van der Waals surface area contributed by atoms with Gasteiger partial charge in [0.1, 0.15) is 0 Å². The summed E-state index contributed by atoms with van der Waals surface area (Å²) in [5.74, 6) is 0.245. The second-order valence-electron chi connectivity index (χ2n) is 4.71. The van der Waals surface area contributed by atoms with Crippen LogP contribution in [0.5, 0.6) is 0 Å². The highest BCUT2D eigenvalue weighted by Crippen LogP contribution is 2.34. The Morgan fingerprint density at radius 1 is 1.47 bits per heavy atom. The largest absolute Gasteiger partial charge is 0.394 e. The van der Waals surface area contributed by atoms with E-state index in [2.05, 4.69) is 25.9 Å². The molecular weight excluding hydrogens is 246 g/mol. The van der Waals surface area contributed by atoms with Crippen LogP contribution in [0.25, 0.3) is 11.4 Å². The number of rotatable bonds is 4. The summed E-state index contributed by atoms with van der Waals surface area (Å²) in [5, 5.41) is 25.7. The monoisotopic (exact) mass is 259 g/mol. The third-order valence-corrected chi connectivity index (χ3v) is 3.26. The van der Waals surface area contributed by atoms with Crippen LogP contribution < -0.4 is 5.32 Å². The molecule has 1 aromatic carbocycles. The molecule has 1 aliphatic rings. The summed E-state index contributed by atoms with van der Waals surface area (Å²) in [5.41, 5.74) is 0.816. The van der Waals surface area contributed by atoms with Gasteiger partial charge in [-0.2, -0.15) is 5.21 Å². The van der Waals surface area contributed by atoms with Crippen molar-refractivity contribution in [2.75, 3.05) is 6.61 Å². The van der Waals surface area contributed by atoms with Gasteiger partial charge in [0.05, 0.1) is 12.1 Å². The van der Waals surface area contributed by atoms with E-state index in [9.17, 15) is 9.90 Å². The molecule has 3 N–H and O–H groups in total. The van der Waals surface area contributed by atoms with Crippen LogP contribution in [-0.4, -0.2) is 43.8 Å². The van der Waals surface area contributed by atoms with Crippen molar-refractivity contribution in [3.05, 3.63) is 29.8 Å². The van der Waals surface area contributed by atoms with Gasteiger partial charge in [0.2, 0.25) is 5.82 Å². The van der Waals surface area contributed by atoms with Gasteiger partial charge < -0.3 is 10.4 Å². The van der Waals surface area contributed by atoms with Crippen molar-refractivity contribution in [2.45, 2.75) is 18.4 Å². The molecule has 0 spiro atoms. The fraction of sp³-hybridized carbons (Fsp3) is 0.333. The summed E-state index contributed by atoms with van der Waals surface area (Å²) in [7, 11) is 0. The first-order valence-electron chi connectivity index (χ1n) is 6.00.